The van der Waals surface area contributed by atoms with Crippen molar-refractivity contribution in [1.29, 1.82) is 0 Å². The van der Waals surface area contributed by atoms with Crippen LogP contribution in [-0.4, -0.2) is 94.3 Å². The van der Waals surface area contributed by atoms with Crippen LogP contribution in [0.2, 0.25) is 0 Å². The predicted molar refractivity (Wildman–Crippen MR) is 113 cm³/mol. The standard InChI is InChI=1S/C15H22N6O12P2/c1-2-16-15(26)20-12-9-13(18-5-17-12)21(6-19-9)14-11(25)10(24)7(32-14)3-31-35(29,30)33-34(27,28)4-8(22)23/h5-7,10-11,14,24-25H,2-4H2,1H3,(H,22,23)(H,27,28)(H,29,30)(H2,16,17,18,20,26)/t7-,10+,11+,14-/m1/s1. The highest BCUT2D eigenvalue weighted by atomic mass is 31.3. The fourth-order valence-electron chi connectivity index (χ4n) is 3.09. The summed E-state index contributed by atoms with van der Waals surface area (Å²) in [6, 6.07) is -0.543. The van der Waals surface area contributed by atoms with Crippen LogP contribution in [-0.2, 0) is 27.5 Å². The Balaban J connectivity index is 1.72. The molecule has 2 unspecified atom stereocenters. The van der Waals surface area contributed by atoms with Gasteiger partial charge in [0.05, 0.1) is 12.9 Å². The summed E-state index contributed by atoms with van der Waals surface area (Å²) in [4.78, 5) is 53.4. The van der Waals surface area contributed by atoms with Gasteiger partial charge in [0.15, 0.2) is 23.2 Å². The van der Waals surface area contributed by atoms with Crippen molar-refractivity contribution < 1.29 is 57.4 Å². The molecule has 0 bridgehead atoms. The van der Waals surface area contributed by atoms with E-state index in [1.165, 1.54) is 10.9 Å². The number of nitrogens with zero attached hydrogens (tertiary/aromatic N) is 4. The number of hydrogen-bond acceptors (Lipinski definition) is 12. The zero-order valence-corrected chi connectivity index (χ0v) is 19.7. The first kappa shape index (κ1) is 27.1. The third-order valence-electron chi connectivity index (χ3n) is 4.51. The highest BCUT2D eigenvalue weighted by Gasteiger charge is 2.46. The average Bonchev–Trinajstić information content (AvgIpc) is 3.27. The molecule has 2 aromatic rings. The van der Waals surface area contributed by atoms with Crippen LogP contribution in [0.25, 0.3) is 11.2 Å². The first-order valence-corrected chi connectivity index (χ1v) is 13.1. The largest absolute Gasteiger partial charge is 0.481 e. The van der Waals surface area contributed by atoms with Crippen molar-refractivity contribution >= 4 is 44.4 Å². The Kier molecular flexibility index (Phi) is 8.21. The van der Waals surface area contributed by atoms with Crippen molar-refractivity contribution in [3.8, 4) is 0 Å². The molecule has 2 amide bonds. The number of amides is 2. The summed E-state index contributed by atoms with van der Waals surface area (Å²) in [5.74, 6) is -1.70. The van der Waals surface area contributed by atoms with Crippen LogP contribution in [0.1, 0.15) is 13.2 Å². The molecule has 18 nitrogen and oxygen atoms in total. The van der Waals surface area contributed by atoms with Crippen LogP contribution in [0.4, 0.5) is 10.6 Å². The molecule has 20 heteroatoms. The fraction of sp³-hybridized carbons (Fsp3) is 0.533. The maximum atomic E-state index is 11.9. The van der Waals surface area contributed by atoms with Crippen molar-refractivity contribution in [2.45, 2.75) is 31.5 Å². The van der Waals surface area contributed by atoms with E-state index < -0.39 is 64.7 Å². The number of hydrogen-bond donors (Lipinski definition) is 7. The lowest BCUT2D eigenvalue weighted by Gasteiger charge is -2.19. The van der Waals surface area contributed by atoms with Crippen LogP contribution in [0.5, 0.6) is 0 Å². The van der Waals surface area contributed by atoms with E-state index in [0.717, 1.165) is 6.33 Å². The van der Waals surface area contributed by atoms with E-state index in [4.69, 9.17) is 9.84 Å². The van der Waals surface area contributed by atoms with Gasteiger partial charge < -0.3 is 35.2 Å². The summed E-state index contributed by atoms with van der Waals surface area (Å²) in [6.07, 6.45) is -5.14. The number of aromatic nitrogens is 4. The van der Waals surface area contributed by atoms with E-state index in [0.29, 0.717) is 6.54 Å². The number of rotatable bonds is 10. The maximum absolute atomic E-state index is 11.9. The zero-order valence-electron chi connectivity index (χ0n) is 17.9. The summed E-state index contributed by atoms with van der Waals surface area (Å²) in [6.45, 7) is 1.19. The van der Waals surface area contributed by atoms with Crippen LogP contribution < -0.4 is 10.6 Å². The van der Waals surface area contributed by atoms with Crippen molar-refractivity contribution in [2.75, 3.05) is 24.6 Å². The molecule has 35 heavy (non-hydrogen) atoms. The summed E-state index contributed by atoms with van der Waals surface area (Å²) >= 11 is 0. The predicted octanol–water partition coefficient (Wildman–Crippen LogP) is -1.01. The SMILES string of the molecule is CCNC(=O)Nc1ncnc2c1ncn2[C@@H]1O[C@H](COP(=O)(O)OP(=O)(O)CC(=O)O)[C@H](O)[C@@H]1O. The molecule has 6 atom stereocenters. The van der Waals surface area contributed by atoms with Crippen LogP contribution >= 0.6 is 15.4 Å². The Bertz CT molecular complexity index is 1190. The number of imidazole rings is 1. The first-order valence-electron chi connectivity index (χ1n) is 9.80. The second kappa shape index (κ2) is 10.6. The van der Waals surface area contributed by atoms with Crippen molar-refractivity contribution in [2.24, 2.45) is 0 Å². The van der Waals surface area contributed by atoms with Gasteiger partial charge in [-0.3, -0.25) is 23.8 Å². The number of nitrogens with one attached hydrogen (secondary N) is 2. The van der Waals surface area contributed by atoms with E-state index >= 15 is 0 Å². The molecule has 1 fully saturated rings. The molecule has 0 aromatic carbocycles. The lowest BCUT2D eigenvalue weighted by molar-refractivity contribution is -0.134. The summed E-state index contributed by atoms with van der Waals surface area (Å²) in [7, 11) is -10.3. The van der Waals surface area contributed by atoms with Crippen molar-refractivity contribution in [3.05, 3.63) is 12.7 Å². The highest BCUT2D eigenvalue weighted by Crippen LogP contribution is 2.59. The summed E-state index contributed by atoms with van der Waals surface area (Å²) in [5.41, 5.74) is 0.241. The number of carboxylic acid groups (broad SMARTS) is 1. The van der Waals surface area contributed by atoms with Gasteiger partial charge in [-0.05, 0) is 6.92 Å². The molecular weight excluding hydrogens is 518 g/mol. The lowest BCUT2D eigenvalue weighted by Crippen LogP contribution is -2.33. The minimum absolute atomic E-state index is 0.0563. The molecule has 0 spiro atoms. The van der Waals surface area contributed by atoms with Crippen LogP contribution in [0.3, 0.4) is 0 Å². The number of aliphatic carboxylic acids is 1. The van der Waals surface area contributed by atoms with Crippen LogP contribution in [0.15, 0.2) is 12.7 Å². The highest BCUT2D eigenvalue weighted by molar-refractivity contribution is 7.64. The molecule has 0 radical (unpaired) electrons. The van der Waals surface area contributed by atoms with Crippen molar-refractivity contribution in [1.82, 2.24) is 24.8 Å². The Hall–Kier alpha value is -2.53. The van der Waals surface area contributed by atoms with Gasteiger partial charge in [0.25, 0.3) is 0 Å². The Labute approximate surface area is 196 Å². The molecule has 1 saturated heterocycles. The smallest absolute Gasteiger partial charge is 0.479 e. The third kappa shape index (κ3) is 6.58. The van der Waals surface area contributed by atoms with Gasteiger partial charge >= 0.3 is 27.4 Å². The Morgan fingerprint density at radius 1 is 1.20 bits per heavy atom. The number of urea groups is 1. The monoisotopic (exact) mass is 540 g/mol. The molecule has 0 saturated carbocycles. The van der Waals surface area contributed by atoms with Crippen LogP contribution in [0, 0.1) is 0 Å². The van der Waals surface area contributed by atoms with Gasteiger partial charge in [-0.2, -0.15) is 0 Å². The molecule has 0 aliphatic carbocycles. The number of carbonyl (C=O) groups is 2. The topological polar surface area (TPSA) is 265 Å². The minimum Gasteiger partial charge on any atom is -0.481 e. The Morgan fingerprint density at radius 3 is 2.57 bits per heavy atom. The number of fused-ring (bicyclic) bond motifs is 1. The van der Waals surface area contributed by atoms with Gasteiger partial charge in [-0.1, -0.05) is 0 Å². The van der Waals surface area contributed by atoms with E-state index in [9.17, 15) is 38.7 Å². The zero-order chi connectivity index (χ0) is 26.0. The Morgan fingerprint density at radius 2 is 1.91 bits per heavy atom. The summed E-state index contributed by atoms with van der Waals surface area (Å²) < 4.78 is 38.8. The van der Waals surface area contributed by atoms with E-state index in [-0.39, 0.29) is 17.0 Å². The first-order chi connectivity index (χ1) is 16.3. The lowest BCUT2D eigenvalue weighted by atomic mass is 10.1. The number of ether oxygens (including phenoxy) is 1. The average molecular weight is 540 g/mol. The van der Waals surface area contributed by atoms with Gasteiger partial charge in [0.2, 0.25) is 0 Å². The quantitative estimate of drug-likeness (QED) is 0.178. The number of aliphatic hydroxyl groups excluding tert-OH is 2. The van der Waals surface area contributed by atoms with E-state index in [1.54, 1.807) is 6.92 Å². The molecule has 7 N–H and O–H groups in total. The number of anilines is 1. The number of carboxylic acids is 1. The minimum atomic E-state index is -5.25. The van der Waals surface area contributed by atoms with E-state index in [1.807, 2.05) is 0 Å². The fourth-order valence-corrected chi connectivity index (χ4v) is 5.48. The van der Waals surface area contributed by atoms with Crippen molar-refractivity contribution in [3.63, 3.8) is 0 Å². The number of phosphoric acid groups is 1. The molecule has 1 aliphatic heterocycles. The third-order valence-corrected chi connectivity index (χ3v) is 7.50. The molecule has 3 heterocycles. The number of phosphoric ester groups is 1. The number of carbonyl (C=O) groups excluding carboxylic acids is 1. The van der Waals surface area contributed by atoms with Gasteiger partial charge in [-0.15, -0.1) is 0 Å². The molecule has 2 aromatic heterocycles. The van der Waals surface area contributed by atoms with Gasteiger partial charge in [0, 0.05) is 6.54 Å². The normalized spacial score (nSPS) is 25.6. The van der Waals surface area contributed by atoms with E-state index in [2.05, 4.69) is 34.4 Å². The molecule has 3 rings (SSSR count). The molecule has 1 aliphatic rings. The van der Waals surface area contributed by atoms with Gasteiger partial charge in [0.1, 0.15) is 30.8 Å². The van der Waals surface area contributed by atoms with Gasteiger partial charge in [-0.25, -0.2) is 28.6 Å². The summed E-state index contributed by atoms with van der Waals surface area (Å²) in [5, 5.41) is 34.3. The maximum Gasteiger partial charge on any atom is 0.479 e. The number of aliphatic hydroxyl groups is 2. The molecular formula is C15H22N6O12P2. The second-order valence-electron chi connectivity index (χ2n) is 7.11. The second-order valence-corrected chi connectivity index (χ2v) is 10.6. The molecule has 194 valence electrons.